The van der Waals surface area contributed by atoms with Crippen LogP contribution in [-0.4, -0.2) is 17.9 Å². The SMILES string of the molecule is COc1cc[n+](CC(=O)c2c[nH]c3ccccc23)cc1. The average molecular weight is 267 g/mol. The number of ketones is 1. The van der Waals surface area contributed by atoms with Crippen LogP contribution in [0.25, 0.3) is 10.9 Å². The molecule has 0 atom stereocenters. The zero-order chi connectivity index (χ0) is 13.9. The minimum atomic E-state index is 0.0811. The molecule has 2 heterocycles. The second-order valence-electron chi connectivity index (χ2n) is 4.58. The second-order valence-corrected chi connectivity index (χ2v) is 4.58. The van der Waals surface area contributed by atoms with Crippen molar-refractivity contribution in [3.63, 3.8) is 0 Å². The first kappa shape index (κ1) is 12.4. The number of ether oxygens (including phenoxy) is 1. The quantitative estimate of drug-likeness (QED) is 0.582. The summed E-state index contributed by atoms with van der Waals surface area (Å²) in [5.41, 5.74) is 1.71. The van der Waals surface area contributed by atoms with E-state index >= 15 is 0 Å². The Balaban J connectivity index is 1.85. The lowest BCUT2D eigenvalue weighted by Gasteiger charge is -1.99. The molecule has 0 aliphatic carbocycles. The third-order valence-corrected chi connectivity index (χ3v) is 3.31. The maximum Gasteiger partial charge on any atom is 0.229 e. The zero-order valence-electron chi connectivity index (χ0n) is 11.2. The van der Waals surface area contributed by atoms with Gasteiger partial charge in [-0.2, -0.15) is 4.57 Å². The molecule has 4 nitrogen and oxygen atoms in total. The molecule has 4 heteroatoms. The molecule has 0 spiro atoms. The van der Waals surface area contributed by atoms with Crippen molar-refractivity contribution in [3.05, 3.63) is 60.6 Å². The predicted molar refractivity (Wildman–Crippen MR) is 75.8 cm³/mol. The fourth-order valence-electron chi connectivity index (χ4n) is 2.24. The Labute approximate surface area is 116 Å². The van der Waals surface area contributed by atoms with Gasteiger partial charge in [-0.3, -0.25) is 4.79 Å². The number of hydrogen-bond acceptors (Lipinski definition) is 2. The first-order chi connectivity index (χ1) is 9.78. The van der Waals surface area contributed by atoms with Crippen LogP contribution in [0.15, 0.2) is 55.0 Å². The number of methoxy groups -OCH3 is 1. The van der Waals surface area contributed by atoms with Crippen molar-refractivity contribution in [2.75, 3.05) is 7.11 Å². The van der Waals surface area contributed by atoms with E-state index < -0.39 is 0 Å². The molecule has 0 unspecified atom stereocenters. The molecule has 0 fully saturated rings. The highest BCUT2D eigenvalue weighted by atomic mass is 16.5. The summed E-state index contributed by atoms with van der Waals surface area (Å²) in [6.45, 7) is 0.311. The summed E-state index contributed by atoms with van der Waals surface area (Å²) in [5, 5.41) is 0.964. The summed E-state index contributed by atoms with van der Waals surface area (Å²) < 4.78 is 6.94. The van der Waals surface area contributed by atoms with Gasteiger partial charge in [-0.15, -0.1) is 0 Å². The minimum Gasteiger partial charge on any atom is -0.496 e. The van der Waals surface area contributed by atoms with Crippen LogP contribution in [0.4, 0.5) is 0 Å². The Bertz CT molecular complexity index is 745. The predicted octanol–water partition coefficient (Wildman–Crippen LogP) is 2.35. The van der Waals surface area contributed by atoms with Crippen LogP contribution in [0.5, 0.6) is 5.75 Å². The molecule has 0 bridgehead atoms. The van der Waals surface area contributed by atoms with Crippen molar-refractivity contribution in [2.45, 2.75) is 6.54 Å². The molecule has 1 aromatic carbocycles. The molecule has 100 valence electrons. The fraction of sp³-hybridized carbons (Fsp3) is 0.125. The van der Waals surface area contributed by atoms with Crippen LogP contribution in [0.3, 0.4) is 0 Å². The van der Waals surface area contributed by atoms with Crippen molar-refractivity contribution in [1.29, 1.82) is 0 Å². The van der Waals surface area contributed by atoms with E-state index in [1.54, 1.807) is 13.3 Å². The van der Waals surface area contributed by atoms with Gasteiger partial charge in [0.05, 0.1) is 7.11 Å². The normalized spacial score (nSPS) is 10.7. The number of H-pyrrole nitrogens is 1. The highest BCUT2D eigenvalue weighted by molar-refractivity contribution is 6.07. The van der Waals surface area contributed by atoms with Crippen LogP contribution in [0.1, 0.15) is 10.4 Å². The van der Waals surface area contributed by atoms with Gasteiger partial charge in [-0.05, 0) is 6.07 Å². The number of fused-ring (bicyclic) bond motifs is 1. The van der Waals surface area contributed by atoms with E-state index in [1.165, 1.54) is 0 Å². The number of benzene rings is 1. The number of aromatic nitrogens is 2. The van der Waals surface area contributed by atoms with Crippen LogP contribution in [0.2, 0.25) is 0 Å². The van der Waals surface area contributed by atoms with E-state index in [9.17, 15) is 4.79 Å². The average Bonchev–Trinajstić information content (AvgIpc) is 2.92. The van der Waals surface area contributed by atoms with Crippen molar-refractivity contribution in [2.24, 2.45) is 0 Å². The van der Waals surface area contributed by atoms with Crippen molar-refractivity contribution < 1.29 is 14.1 Å². The topological polar surface area (TPSA) is 46.0 Å². The van der Waals surface area contributed by atoms with Gasteiger partial charge in [0.15, 0.2) is 12.4 Å². The van der Waals surface area contributed by atoms with Gasteiger partial charge in [0.1, 0.15) is 5.75 Å². The van der Waals surface area contributed by atoms with E-state index in [-0.39, 0.29) is 5.78 Å². The van der Waals surface area contributed by atoms with Crippen molar-refractivity contribution in [1.82, 2.24) is 4.98 Å². The van der Waals surface area contributed by atoms with Gasteiger partial charge < -0.3 is 9.72 Å². The monoisotopic (exact) mass is 267 g/mol. The van der Waals surface area contributed by atoms with Gasteiger partial charge >= 0.3 is 0 Å². The number of para-hydroxylation sites is 1. The minimum absolute atomic E-state index is 0.0811. The Hall–Kier alpha value is -2.62. The third kappa shape index (κ3) is 2.28. The summed E-state index contributed by atoms with van der Waals surface area (Å²) in [7, 11) is 1.62. The van der Waals surface area contributed by atoms with Crippen molar-refractivity contribution >= 4 is 16.7 Å². The second kappa shape index (κ2) is 5.17. The molecular formula is C16H15N2O2+. The summed E-state index contributed by atoms with van der Waals surface area (Å²) in [5.74, 6) is 0.860. The van der Waals surface area contributed by atoms with E-state index in [0.29, 0.717) is 6.54 Å². The first-order valence-electron chi connectivity index (χ1n) is 6.40. The molecule has 1 N–H and O–H groups in total. The number of aromatic amines is 1. The Morgan fingerprint density at radius 1 is 1.20 bits per heavy atom. The lowest BCUT2D eigenvalue weighted by molar-refractivity contribution is -0.683. The number of rotatable bonds is 4. The molecule has 0 aliphatic rings. The summed E-state index contributed by atoms with van der Waals surface area (Å²) in [6.07, 6.45) is 5.45. The van der Waals surface area contributed by atoms with Gasteiger partial charge in [-0.1, -0.05) is 18.2 Å². The number of carbonyl (C=O) groups excluding carboxylic acids is 1. The summed E-state index contributed by atoms with van der Waals surface area (Å²) >= 11 is 0. The largest absolute Gasteiger partial charge is 0.496 e. The number of Topliss-reactive ketones (excluding diaryl/α,β-unsaturated/α-hetero) is 1. The number of nitrogens with zero attached hydrogens (tertiary/aromatic N) is 1. The van der Waals surface area contributed by atoms with Crippen LogP contribution in [-0.2, 0) is 6.54 Å². The molecule has 0 amide bonds. The van der Waals surface area contributed by atoms with E-state index in [4.69, 9.17) is 4.74 Å². The number of pyridine rings is 1. The lowest BCUT2D eigenvalue weighted by Crippen LogP contribution is -2.36. The molecule has 2 aromatic heterocycles. The Morgan fingerprint density at radius 2 is 1.95 bits per heavy atom. The first-order valence-corrected chi connectivity index (χ1v) is 6.40. The molecule has 0 saturated carbocycles. The molecule has 3 aromatic rings. The highest BCUT2D eigenvalue weighted by Crippen LogP contribution is 2.18. The fourth-order valence-corrected chi connectivity index (χ4v) is 2.24. The number of carbonyl (C=O) groups is 1. The highest BCUT2D eigenvalue weighted by Gasteiger charge is 2.16. The molecule has 0 saturated heterocycles. The standard InChI is InChI=1S/C16H14N2O2/c1-20-12-6-8-18(9-7-12)11-16(19)14-10-17-15-5-3-2-4-13(14)15/h2-10H,11H2,1H3/p+1. The maximum absolute atomic E-state index is 12.4. The molecule has 20 heavy (non-hydrogen) atoms. The molecule has 3 rings (SSSR count). The van der Waals surface area contributed by atoms with Crippen molar-refractivity contribution in [3.8, 4) is 5.75 Å². The van der Waals surface area contributed by atoms with Crippen LogP contribution >= 0.6 is 0 Å². The maximum atomic E-state index is 12.4. The third-order valence-electron chi connectivity index (χ3n) is 3.31. The van der Waals surface area contributed by atoms with Gasteiger partial charge in [0.25, 0.3) is 0 Å². The van der Waals surface area contributed by atoms with E-state index in [0.717, 1.165) is 22.2 Å². The van der Waals surface area contributed by atoms with Crippen LogP contribution in [0, 0.1) is 0 Å². The molecular weight excluding hydrogens is 252 g/mol. The number of hydrogen-bond donors (Lipinski definition) is 1. The van der Waals surface area contributed by atoms with Gasteiger partial charge in [-0.25, -0.2) is 0 Å². The zero-order valence-corrected chi connectivity index (χ0v) is 11.2. The smallest absolute Gasteiger partial charge is 0.229 e. The van der Waals surface area contributed by atoms with Gasteiger partial charge in [0.2, 0.25) is 12.3 Å². The van der Waals surface area contributed by atoms with Crippen LogP contribution < -0.4 is 9.30 Å². The lowest BCUT2D eigenvalue weighted by atomic mass is 10.1. The van der Waals surface area contributed by atoms with E-state index in [1.807, 2.05) is 53.4 Å². The summed E-state index contributed by atoms with van der Waals surface area (Å²) in [4.78, 5) is 15.5. The van der Waals surface area contributed by atoms with Gasteiger partial charge in [0, 0.05) is 34.8 Å². The molecule has 0 radical (unpaired) electrons. The molecule has 0 aliphatic heterocycles. The van der Waals surface area contributed by atoms with E-state index in [2.05, 4.69) is 4.98 Å². The Morgan fingerprint density at radius 3 is 2.70 bits per heavy atom. The number of nitrogens with one attached hydrogen (secondary N) is 1. The summed E-state index contributed by atoms with van der Waals surface area (Å²) in [6, 6.07) is 11.5. The Kier molecular flexibility index (Phi) is 3.21.